The Morgan fingerprint density at radius 3 is 1.66 bits per heavy atom. The first kappa shape index (κ1) is 51.3. The van der Waals surface area contributed by atoms with Crippen molar-refractivity contribution in [3.8, 4) is 22.3 Å². The fraction of sp³-hybridized carbons (Fsp3) is 0.407. The van der Waals surface area contributed by atoms with E-state index in [9.17, 15) is 19.2 Å². The van der Waals surface area contributed by atoms with Gasteiger partial charge in [0.15, 0.2) is 0 Å². The number of hydrogen-bond acceptors (Lipinski definition) is 14. The van der Waals surface area contributed by atoms with E-state index in [0.717, 1.165) is 65.5 Å². The third kappa shape index (κ3) is 10.9. The number of hydrogen-bond donors (Lipinski definition) is 4. The van der Waals surface area contributed by atoms with Gasteiger partial charge in [-0.3, -0.25) is 28.5 Å². The highest BCUT2D eigenvalue weighted by Gasteiger charge is 2.49. The maximum absolute atomic E-state index is 13.7. The molecule has 22 heteroatoms. The number of nitrogens with zero attached hydrogens (tertiary/aromatic N) is 12. The predicted molar refractivity (Wildman–Crippen MR) is 282 cm³/mol. The molecule has 6 aromatic rings. The van der Waals surface area contributed by atoms with Crippen molar-refractivity contribution in [3.63, 3.8) is 0 Å². The van der Waals surface area contributed by atoms with E-state index in [1.807, 2.05) is 48.5 Å². The van der Waals surface area contributed by atoms with Crippen LogP contribution in [0.1, 0.15) is 89.6 Å². The number of anilines is 2. The molecule has 2 saturated heterocycles. The Morgan fingerprint density at radius 1 is 0.671 bits per heavy atom. The van der Waals surface area contributed by atoms with E-state index in [1.165, 1.54) is 34.2 Å². The van der Waals surface area contributed by atoms with Crippen molar-refractivity contribution in [2.24, 2.45) is 27.4 Å². The van der Waals surface area contributed by atoms with Gasteiger partial charge in [-0.15, -0.1) is 0 Å². The maximum atomic E-state index is 13.7. The second-order valence-electron chi connectivity index (χ2n) is 20.3. The van der Waals surface area contributed by atoms with Crippen LogP contribution >= 0.6 is 0 Å². The van der Waals surface area contributed by atoms with Gasteiger partial charge in [0.05, 0.1) is 40.5 Å². The van der Waals surface area contributed by atoms with E-state index in [4.69, 9.17) is 32.4 Å². The van der Waals surface area contributed by atoms with Gasteiger partial charge in [0.25, 0.3) is 11.8 Å². The van der Waals surface area contributed by atoms with Crippen LogP contribution in [0.2, 0.25) is 0 Å². The molecule has 0 atom stereocenters. The minimum absolute atomic E-state index is 0.0144. The van der Waals surface area contributed by atoms with E-state index < -0.39 is 22.6 Å². The second kappa shape index (κ2) is 21.9. The summed E-state index contributed by atoms with van der Waals surface area (Å²) < 4.78 is 14.8. The average molecular weight is 1030 g/mol. The molecule has 76 heavy (non-hydrogen) atoms. The molecule has 0 radical (unpaired) electrons. The number of amides is 4. The lowest BCUT2D eigenvalue weighted by molar-refractivity contribution is -0.135. The quantitative estimate of drug-likeness (QED) is 0.0787. The molecule has 4 amide bonds. The zero-order valence-corrected chi connectivity index (χ0v) is 42.4. The number of aromatic nitrogens is 8. The minimum atomic E-state index is -0.744. The molecule has 2 saturated carbocycles. The molecular formula is C54H62N16O6. The second-order valence-corrected chi connectivity index (χ2v) is 20.3. The normalized spacial score (nSPS) is 20.1. The molecule has 8 N–H and O–H groups in total. The Labute approximate surface area is 439 Å². The lowest BCUT2D eigenvalue weighted by Crippen LogP contribution is -2.53. The Morgan fingerprint density at radius 2 is 1.16 bits per heavy atom. The summed E-state index contributed by atoms with van der Waals surface area (Å²) in [5.74, 6) is -0.351. The number of likely N-dealkylation sites (N-methyl/N-ethyl adjacent to an activating group) is 1. The molecule has 4 fully saturated rings. The molecule has 0 spiro atoms. The fourth-order valence-corrected chi connectivity index (χ4v) is 10.8. The molecule has 0 unspecified atom stereocenters. The Balaban J connectivity index is 0.723. The van der Waals surface area contributed by atoms with Crippen LogP contribution in [0.5, 0.6) is 0 Å². The number of nitrogens with two attached hydrogens (primary N) is 4. The topological polar surface area (TPSA) is 309 Å². The number of benzene rings is 2. The molecular weight excluding hydrogens is 969 g/mol. The van der Waals surface area contributed by atoms with Gasteiger partial charge in [0.1, 0.15) is 24.8 Å². The zero-order valence-electron chi connectivity index (χ0n) is 42.4. The van der Waals surface area contributed by atoms with Crippen LogP contribution in [0.3, 0.4) is 0 Å². The molecule has 2 aliphatic heterocycles. The molecule has 394 valence electrons. The molecule has 4 aliphatic rings. The highest BCUT2D eigenvalue weighted by Crippen LogP contribution is 2.49. The number of aliphatic imine (C=N–C) groups is 2. The number of nitrogen functional groups attached to an aromatic ring is 2. The first-order valence-electron chi connectivity index (χ1n) is 25.7. The Bertz CT molecular complexity index is 3110. The van der Waals surface area contributed by atoms with E-state index in [0.29, 0.717) is 58.6 Å². The van der Waals surface area contributed by atoms with Crippen molar-refractivity contribution >= 4 is 47.2 Å². The monoisotopic (exact) mass is 1030 g/mol. The van der Waals surface area contributed by atoms with Crippen LogP contribution < -0.4 is 22.9 Å². The summed E-state index contributed by atoms with van der Waals surface area (Å²) in [5, 5.41) is 8.61. The third-order valence-electron chi connectivity index (χ3n) is 15.6. The number of amidine groups is 2. The first-order chi connectivity index (χ1) is 36.7. The van der Waals surface area contributed by atoms with Gasteiger partial charge in [0.2, 0.25) is 23.7 Å². The number of carbonyl (C=O) groups is 4. The molecule has 10 rings (SSSR count). The number of rotatable bonds is 16. The summed E-state index contributed by atoms with van der Waals surface area (Å²) in [5.41, 5.74) is 29.3. The molecule has 2 aromatic carbocycles. The first-order valence-corrected chi connectivity index (χ1v) is 25.7. The highest BCUT2D eigenvalue weighted by atomic mass is 16.5. The van der Waals surface area contributed by atoms with Crippen LogP contribution in [0.15, 0.2) is 108 Å². The average Bonchev–Trinajstić information content (AvgIpc) is 4.10. The molecule has 0 bridgehead atoms. The Kier molecular flexibility index (Phi) is 14.8. The zero-order chi connectivity index (χ0) is 53.0. The van der Waals surface area contributed by atoms with Crippen molar-refractivity contribution < 1.29 is 28.7 Å². The highest BCUT2D eigenvalue weighted by molar-refractivity contribution is 6.07. The van der Waals surface area contributed by atoms with Crippen LogP contribution in [-0.4, -0.2) is 137 Å². The van der Waals surface area contributed by atoms with E-state index in [2.05, 4.69) is 40.1 Å². The van der Waals surface area contributed by atoms with Crippen LogP contribution in [-0.2, 0) is 43.0 Å². The number of ether oxygens (including phenoxy) is 2. The molecule has 22 nitrogen and oxygen atoms in total. The Hall–Kier alpha value is -8.24. The summed E-state index contributed by atoms with van der Waals surface area (Å²) in [7, 11) is 1.78. The van der Waals surface area contributed by atoms with Gasteiger partial charge in [-0.1, -0.05) is 55.0 Å². The summed E-state index contributed by atoms with van der Waals surface area (Å²) in [6, 6.07) is 15.9. The largest absolute Gasteiger partial charge is 0.386 e. The molecule has 4 aromatic heterocycles. The lowest BCUT2D eigenvalue weighted by Gasteiger charge is -2.48. The summed E-state index contributed by atoms with van der Waals surface area (Å²) in [6.45, 7) is 2.67. The van der Waals surface area contributed by atoms with Gasteiger partial charge >= 0.3 is 0 Å². The van der Waals surface area contributed by atoms with Crippen molar-refractivity contribution in [3.05, 3.63) is 120 Å². The molecule has 6 heterocycles. The van der Waals surface area contributed by atoms with E-state index >= 15 is 0 Å². The lowest BCUT2D eigenvalue weighted by atomic mass is 9.58. The van der Waals surface area contributed by atoms with Crippen LogP contribution in [0.25, 0.3) is 22.3 Å². The van der Waals surface area contributed by atoms with Crippen molar-refractivity contribution in [1.29, 1.82) is 0 Å². The fourth-order valence-electron chi connectivity index (χ4n) is 10.8. The van der Waals surface area contributed by atoms with Gasteiger partial charge in [-0.2, -0.15) is 20.2 Å². The van der Waals surface area contributed by atoms with Crippen molar-refractivity contribution in [2.75, 3.05) is 51.4 Å². The van der Waals surface area contributed by atoms with E-state index in [-0.39, 0.29) is 77.7 Å². The van der Waals surface area contributed by atoms with Gasteiger partial charge < -0.3 is 42.2 Å². The maximum Gasteiger partial charge on any atom is 0.281 e. The SMILES string of the molecule is CN(C(=O)Cn1cc(C(=O)N=C(N)C2(c3ccc(-c4cnc(N)nc4)cc3)CC(COC3CCN(C(=O)Cn4cc(C(=O)N=C(N)C5(c6ccc(-c7cnc(N)nc7)cc6)CCC5)cn4)CC3)C2)cn1)C1CCOCC1. The summed E-state index contributed by atoms with van der Waals surface area (Å²) in [6.07, 6.45) is 19.0. The number of piperidine rings is 1. The van der Waals surface area contributed by atoms with Gasteiger partial charge in [0, 0.05) is 94.3 Å². The minimum Gasteiger partial charge on any atom is -0.386 e. The van der Waals surface area contributed by atoms with Crippen LogP contribution in [0, 0.1) is 5.92 Å². The third-order valence-corrected chi connectivity index (χ3v) is 15.6. The van der Waals surface area contributed by atoms with Crippen molar-refractivity contribution in [2.45, 2.75) is 93.9 Å². The van der Waals surface area contributed by atoms with E-state index in [1.54, 1.807) is 41.6 Å². The standard InChI is InChI=1S/C54H62N16O6/c1-67(43-13-19-75-20-14-43)45(71)31-69-29-39(27-63-69)48(74)66-50(56)54(42-9-5-36(6-10-42)38-25-61-52(58)62-26-38)21-34(22-54)33-76-44-11-17-68(18-12-44)46(72)32-70-30-40(28-64-70)47(73)65-49(55)53(15-2-16-53)41-7-3-35(4-8-41)37-23-59-51(57)60-24-37/h3-10,23-30,34,43-44H,2,11-22,31-33H2,1H3,(H2,55,65,73)(H2,56,66,74)(H2,57,59,60)(H2,58,61,62). The van der Waals surface area contributed by atoms with Gasteiger partial charge in [-0.05, 0) is 79.5 Å². The number of carbonyl (C=O) groups excluding carboxylic acids is 4. The smallest absolute Gasteiger partial charge is 0.281 e. The number of likely N-dealkylation sites (tertiary alicyclic amines) is 1. The van der Waals surface area contributed by atoms with Crippen molar-refractivity contribution in [1.82, 2.24) is 49.3 Å². The van der Waals surface area contributed by atoms with Gasteiger partial charge in [-0.25, -0.2) is 19.9 Å². The van der Waals surface area contributed by atoms with Crippen LogP contribution in [0.4, 0.5) is 11.9 Å². The summed E-state index contributed by atoms with van der Waals surface area (Å²) >= 11 is 0. The predicted octanol–water partition coefficient (Wildman–Crippen LogP) is 3.97. The summed E-state index contributed by atoms with van der Waals surface area (Å²) in [4.78, 5) is 82.4. The molecule has 2 aliphatic carbocycles.